The van der Waals surface area contributed by atoms with Crippen LogP contribution in [0.3, 0.4) is 0 Å². The number of benzene rings is 3. The van der Waals surface area contributed by atoms with E-state index in [1.807, 2.05) is 54.6 Å². The maximum Gasteiger partial charge on any atom is 0.238 e. The number of aromatic nitrogens is 3. The van der Waals surface area contributed by atoms with Gasteiger partial charge in [0.1, 0.15) is 18.2 Å². The highest BCUT2D eigenvalue weighted by Crippen LogP contribution is 2.40. The standard InChI is InChI=1S/C25H21FN4O2S/c1-29-24(18-11-5-6-12-19(18)26)27-28-25(29)33-16-23(31)30-20-13-7-8-14-22(20)32-15-21(30)17-9-3-2-4-10-17/h2-14,21H,15-16H2,1H3. The average Bonchev–Trinajstić information content (AvgIpc) is 3.22. The Morgan fingerprint density at radius 1 is 1.03 bits per heavy atom. The molecule has 0 fully saturated rings. The van der Waals surface area contributed by atoms with Crippen LogP contribution in [-0.2, 0) is 11.8 Å². The number of amides is 1. The molecule has 0 saturated carbocycles. The van der Waals surface area contributed by atoms with E-state index in [1.54, 1.807) is 34.7 Å². The molecule has 6 nitrogen and oxygen atoms in total. The van der Waals surface area contributed by atoms with E-state index in [9.17, 15) is 9.18 Å². The summed E-state index contributed by atoms with van der Waals surface area (Å²) in [5.74, 6) is 0.822. The molecule has 2 heterocycles. The second kappa shape index (κ2) is 9.07. The first kappa shape index (κ1) is 21.2. The van der Waals surface area contributed by atoms with E-state index >= 15 is 0 Å². The van der Waals surface area contributed by atoms with Gasteiger partial charge in [0.15, 0.2) is 11.0 Å². The molecule has 0 aliphatic carbocycles. The number of para-hydroxylation sites is 2. The van der Waals surface area contributed by atoms with Crippen molar-refractivity contribution in [2.24, 2.45) is 7.05 Å². The van der Waals surface area contributed by atoms with E-state index in [2.05, 4.69) is 10.2 Å². The molecule has 0 radical (unpaired) electrons. The summed E-state index contributed by atoms with van der Waals surface area (Å²) in [6, 6.07) is 23.6. The zero-order valence-corrected chi connectivity index (χ0v) is 18.7. The molecule has 1 aromatic heterocycles. The summed E-state index contributed by atoms with van der Waals surface area (Å²) in [6.07, 6.45) is 0. The maximum atomic E-state index is 14.2. The van der Waals surface area contributed by atoms with Crippen LogP contribution in [0.2, 0.25) is 0 Å². The second-order valence-electron chi connectivity index (χ2n) is 7.60. The molecule has 4 aromatic rings. The van der Waals surface area contributed by atoms with Crippen LogP contribution in [0.1, 0.15) is 11.6 Å². The van der Waals surface area contributed by atoms with Crippen LogP contribution in [0.25, 0.3) is 11.4 Å². The van der Waals surface area contributed by atoms with Gasteiger partial charge in [0.05, 0.1) is 23.0 Å². The summed E-state index contributed by atoms with van der Waals surface area (Å²) in [5.41, 5.74) is 2.12. The number of carbonyl (C=O) groups is 1. The van der Waals surface area contributed by atoms with Gasteiger partial charge < -0.3 is 9.30 Å². The van der Waals surface area contributed by atoms with Crippen molar-refractivity contribution in [2.45, 2.75) is 11.2 Å². The predicted octanol–water partition coefficient (Wildman–Crippen LogP) is 4.88. The summed E-state index contributed by atoms with van der Waals surface area (Å²) in [6.45, 7) is 0.374. The molecular formula is C25H21FN4O2S. The molecule has 8 heteroatoms. The molecule has 1 aliphatic heterocycles. The Morgan fingerprint density at radius 3 is 2.58 bits per heavy atom. The first-order valence-electron chi connectivity index (χ1n) is 10.5. The van der Waals surface area contributed by atoms with Gasteiger partial charge in [0.25, 0.3) is 0 Å². The number of hydrogen-bond acceptors (Lipinski definition) is 5. The first-order valence-corrected chi connectivity index (χ1v) is 11.5. The van der Waals surface area contributed by atoms with Gasteiger partial charge in [-0.3, -0.25) is 9.69 Å². The van der Waals surface area contributed by atoms with E-state index in [0.717, 1.165) is 11.3 Å². The van der Waals surface area contributed by atoms with E-state index in [4.69, 9.17) is 4.74 Å². The lowest BCUT2D eigenvalue weighted by molar-refractivity contribution is -0.117. The zero-order valence-electron chi connectivity index (χ0n) is 17.9. The normalized spacial score (nSPS) is 15.1. The molecule has 0 N–H and O–H groups in total. The molecule has 5 rings (SSSR count). The minimum atomic E-state index is -0.365. The Balaban J connectivity index is 1.40. The molecular weight excluding hydrogens is 439 g/mol. The first-order chi connectivity index (χ1) is 16.1. The van der Waals surface area contributed by atoms with Crippen molar-refractivity contribution >= 4 is 23.4 Å². The summed E-state index contributed by atoms with van der Waals surface area (Å²) >= 11 is 1.28. The minimum absolute atomic E-state index is 0.0694. The Labute approximate surface area is 195 Å². The quantitative estimate of drug-likeness (QED) is 0.397. The lowest BCUT2D eigenvalue weighted by atomic mass is 10.0. The highest BCUT2D eigenvalue weighted by molar-refractivity contribution is 7.99. The Morgan fingerprint density at radius 2 is 1.76 bits per heavy atom. The maximum absolute atomic E-state index is 14.2. The lowest BCUT2D eigenvalue weighted by Crippen LogP contribution is -2.42. The summed E-state index contributed by atoms with van der Waals surface area (Å²) in [5, 5.41) is 8.87. The fourth-order valence-corrected chi connectivity index (χ4v) is 4.70. The van der Waals surface area contributed by atoms with Crippen molar-refractivity contribution in [2.75, 3.05) is 17.3 Å². The summed E-state index contributed by atoms with van der Waals surface area (Å²) in [7, 11) is 1.77. The molecule has 166 valence electrons. The number of anilines is 1. The highest BCUT2D eigenvalue weighted by atomic mass is 32.2. The van der Waals surface area contributed by atoms with Gasteiger partial charge in [-0.1, -0.05) is 66.4 Å². The SMILES string of the molecule is Cn1c(SCC(=O)N2c3ccccc3OCC2c2ccccc2)nnc1-c1ccccc1F. The van der Waals surface area contributed by atoms with Gasteiger partial charge >= 0.3 is 0 Å². The Bertz CT molecular complexity index is 1290. The van der Waals surface area contributed by atoms with Crippen molar-refractivity contribution in [1.82, 2.24) is 14.8 Å². The smallest absolute Gasteiger partial charge is 0.238 e. The van der Waals surface area contributed by atoms with Gasteiger partial charge in [0, 0.05) is 7.05 Å². The zero-order chi connectivity index (χ0) is 22.8. The van der Waals surface area contributed by atoms with E-state index in [-0.39, 0.29) is 23.5 Å². The number of halogens is 1. The van der Waals surface area contributed by atoms with Crippen LogP contribution in [0.15, 0.2) is 84.0 Å². The molecule has 1 atom stereocenters. The molecule has 1 amide bonds. The molecule has 1 aliphatic rings. The van der Waals surface area contributed by atoms with Crippen LogP contribution < -0.4 is 9.64 Å². The van der Waals surface area contributed by atoms with Crippen LogP contribution in [0.5, 0.6) is 5.75 Å². The number of fused-ring (bicyclic) bond motifs is 1. The number of hydrogen-bond donors (Lipinski definition) is 0. The van der Waals surface area contributed by atoms with Crippen molar-refractivity contribution in [3.8, 4) is 17.1 Å². The number of thioether (sulfide) groups is 1. The molecule has 3 aromatic carbocycles. The van der Waals surface area contributed by atoms with Crippen LogP contribution >= 0.6 is 11.8 Å². The topological polar surface area (TPSA) is 60.2 Å². The number of carbonyl (C=O) groups excluding carboxylic acids is 1. The molecule has 0 bridgehead atoms. The molecule has 0 spiro atoms. The van der Waals surface area contributed by atoms with Crippen molar-refractivity contribution in [1.29, 1.82) is 0 Å². The van der Waals surface area contributed by atoms with Crippen LogP contribution in [-0.4, -0.2) is 33.0 Å². The average molecular weight is 461 g/mol. The van der Waals surface area contributed by atoms with Crippen molar-refractivity contribution in [3.63, 3.8) is 0 Å². The lowest BCUT2D eigenvalue weighted by Gasteiger charge is -2.37. The van der Waals surface area contributed by atoms with E-state index < -0.39 is 0 Å². The molecule has 33 heavy (non-hydrogen) atoms. The fourth-order valence-electron chi connectivity index (χ4n) is 3.93. The summed E-state index contributed by atoms with van der Waals surface area (Å²) < 4.78 is 21.9. The number of nitrogens with zero attached hydrogens (tertiary/aromatic N) is 4. The predicted molar refractivity (Wildman–Crippen MR) is 126 cm³/mol. The highest BCUT2D eigenvalue weighted by Gasteiger charge is 2.33. The minimum Gasteiger partial charge on any atom is -0.489 e. The third-order valence-electron chi connectivity index (χ3n) is 5.56. The van der Waals surface area contributed by atoms with E-state index in [1.165, 1.54) is 17.8 Å². The fraction of sp³-hybridized carbons (Fsp3) is 0.160. The molecule has 1 unspecified atom stereocenters. The van der Waals surface area contributed by atoms with Gasteiger partial charge in [-0.25, -0.2) is 4.39 Å². The van der Waals surface area contributed by atoms with Gasteiger partial charge in [-0.05, 0) is 29.8 Å². The van der Waals surface area contributed by atoms with Gasteiger partial charge in [-0.15, -0.1) is 10.2 Å². The van der Waals surface area contributed by atoms with Crippen molar-refractivity contribution in [3.05, 3.63) is 90.2 Å². The number of rotatable bonds is 5. The Hall–Kier alpha value is -3.65. The molecule has 0 saturated heterocycles. The number of ether oxygens (including phenoxy) is 1. The van der Waals surface area contributed by atoms with Gasteiger partial charge in [0.2, 0.25) is 5.91 Å². The third kappa shape index (κ3) is 4.09. The van der Waals surface area contributed by atoms with Crippen LogP contribution in [0, 0.1) is 5.82 Å². The third-order valence-corrected chi connectivity index (χ3v) is 6.57. The van der Waals surface area contributed by atoms with Crippen molar-refractivity contribution < 1.29 is 13.9 Å². The van der Waals surface area contributed by atoms with Crippen LogP contribution in [0.4, 0.5) is 10.1 Å². The van der Waals surface area contributed by atoms with E-state index in [0.29, 0.717) is 28.9 Å². The monoisotopic (exact) mass is 460 g/mol. The Kier molecular flexibility index (Phi) is 5.83. The summed E-state index contributed by atoms with van der Waals surface area (Å²) in [4.78, 5) is 15.3. The van der Waals surface area contributed by atoms with Gasteiger partial charge in [-0.2, -0.15) is 0 Å². The second-order valence-corrected chi connectivity index (χ2v) is 8.55. The largest absolute Gasteiger partial charge is 0.489 e.